The largest absolute Gasteiger partial charge is 0.485 e. The second kappa shape index (κ2) is 5.41. The Hall–Kier alpha value is -2.22. The molecule has 0 radical (unpaired) electrons. The van der Waals surface area contributed by atoms with E-state index in [4.69, 9.17) is 4.74 Å². The maximum Gasteiger partial charge on any atom is 0.128 e. The van der Waals surface area contributed by atoms with Crippen molar-refractivity contribution in [1.82, 2.24) is 0 Å². The van der Waals surface area contributed by atoms with Crippen molar-refractivity contribution in [3.63, 3.8) is 0 Å². The van der Waals surface area contributed by atoms with Gasteiger partial charge in [0.25, 0.3) is 0 Å². The highest BCUT2D eigenvalue weighted by molar-refractivity contribution is 5.89. The first kappa shape index (κ1) is 15.3. The van der Waals surface area contributed by atoms with Crippen LogP contribution in [0.2, 0.25) is 0 Å². The molecule has 0 saturated heterocycles. The molecule has 0 bridgehead atoms. The predicted molar refractivity (Wildman–Crippen MR) is 102 cm³/mol. The van der Waals surface area contributed by atoms with Crippen molar-refractivity contribution in [3.05, 3.63) is 53.6 Å². The molecule has 2 aliphatic rings. The Morgan fingerprint density at radius 3 is 2.67 bits per heavy atom. The third-order valence-electron chi connectivity index (χ3n) is 4.99. The molecule has 1 unspecified atom stereocenters. The van der Waals surface area contributed by atoms with Gasteiger partial charge in [-0.2, -0.15) is 0 Å². The molecule has 0 amide bonds. The summed E-state index contributed by atoms with van der Waals surface area (Å²) in [6.07, 6.45) is 4.60. The zero-order chi connectivity index (χ0) is 16.9. The Morgan fingerprint density at radius 2 is 1.88 bits per heavy atom. The average molecular weight is 319 g/mol. The average Bonchev–Trinajstić information content (AvgIpc) is 2.53. The predicted octanol–water partition coefficient (Wildman–Crippen LogP) is 6.19. The van der Waals surface area contributed by atoms with Crippen LogP contribution in [0.25, 0.3) is 16.7 Å². The molecule has 2 aliphatic heterocycles. The van der Waals surface area contributed by atoms with Gasteiger partial charge in [0.1, 0.15) is 11.9 Å². The number of allylic oxidation sites excluding steroid dienone is 1. The number of fused-ring (bicyclic) bond motifs is 5. The smallest absolute Gasteiger partial charge is 0.128 e. The Bertz CT molecular complexity index is 832. The van der Waals surface area contributed by atoms with Crippen LogP contribution in [0.15, 0.2) is 42.5 Å². The minimum absolute atomic E-state index is 0.0149. The van der Waals surface area contributed by atoms with Gasteiger partial charge < -0.3 is 10.1 Å². The Balaban J connectivity index is 1.98. The summed E-state index contributed by atoms with van der Waals surface area (Å²) in [6.45, 7) is 8.89. The number of ether oxygens (including phenoxy) is 1. The summed E-state index contributed by atoms with van der Waals surface area (Å²) in [5.74, 6) is 1.01. The highest BCUT2D eigenvalue weighted by Gasteiger charge is 2.32. The first-order valence-corrected chi connectivity index (χ1v) is 8.91. The molecule has 2 nitrogen and oxygen atoms in total. The molecule has 0 spiro atoms. The molecular weight excluding hydrogens is 294 g/mol. The van der Waals surface area contributed by atoms with E-state index in [1.54, 1.807) is 0 Å². The zero-order valence-corrected chi connectivity index (χ0v) is 14.9. The maximum absolute atomic E-state index is 6.41. The van der Waals surface area contributed by atoms with Crippen LogP contribution in [0.1, 0.15) is 57.8 Å². The molecule has 2 heteroatoms. The molecule has 1 N–H and O–H groups in total. The number of rotatable bonds is 2. The molecule has 0 aliphatic carbocycles. The summed E-state index contributed by atoms with van der Waals surface area (Å²) >= 11 is 0. The maximum atomic E-state index is 6.41. The minimum Gasteiger partial charge on any atom is -0.485 e. The van der Waals surface area contributed by atoms with Crippen LogP contribution in [0, 0.1) is 0 Å². The first-order chi connectivity index (χ1) is 11.5. The van der Waals surface area contributed by atoms with Crippen molar-refractivity contribution >= 4 is 11.3 Å². The van der Waals surface area contributed by atoms with Gasteiger partial charge >= 0.3 is 0 Å². The van der Waals surface area contributed by atoms with Crippen molar-refractivity contribution in [2.45, 2.75) is 52.2 Å². The fraction of sp³-hybridized carbons (Fsp3) is 0.364. The van der Waals surface area contributed by atoms with E-state index < -0.39 is 0 Å². The van der Waals surface area contributed by atoms with E-state index in [-0.39, 0.29) is 11.6 Å². The zero-order valence-electron chi connectivity index (χ0n) is 14.9. The molecule has 1 atom stereocenters. The molecule has 0 fully saturated rings. The SMILES string of the molecule is CCCC1Oc2ccccc2-c2ccc3c(c21)C(C)=CC(C)(C)N3. The lowest BCUT2D eigenvalue weighted by atomic mass is 9.81. The second-order valence-electron chi connectivity index (χ2n) is 7.51. The number of nitrogens with one attached hydrogen (secondary N) is 1. The summed E-state index contributed by atoms with van der Waals surface area (Å²) in [7, 11) is 0. The standard InChI is InChI=1S/C22H25NO/c1-5-8-19-21-16(15-9-6-7-10-18(15)24-19)11-12-17-20(21)14(2)13-22(3,4)23-17/h6-7,9-13,19,23H,5,8H2,1-4H3. The van der Waals surface area contributed by atoms with Crippen LogP contribution in [-0.2, 0) is 0 Å². The van der Waals surface area contributed by atoms with Crippen molar-refractivity contribution in [3.8, 4) is 16.9 Å². The molecule has 24 heavy (non-hydrogen) atoms. The van der Waals surface area contributed by atoms with Crippen LogP contribution < -0.4 is 10.1 Å². The number of para-hydroxylation sites is 1. The van der Waals surface area contributed by atoms with E-state index in [0.717, 1.165) is 18.6 Å². The molecular formula is C22H25NO. The number of benzene rings is 2. The quantitative estimate of drug-likeness (QED) is 0.712. The Kier molecular flexibility index (Phi) is 3.45. The Labute approximate surface area is 144 Å². The van der Waals surface area contributed by atoms with Gasteiger partial charge in [0.05, 0.1) is 5.54 Å². The molecule has 4 rings (SSSR count). The second-order valence-corrected chi connectivity index (χ2v) is 7.51. The van der Waals surface area contributed by atoms with Gasteiger partial charge in [-0.15, -0.1) is 0 Å². The number of hydrogen-bond acceptors (Lipinski definition) is 2. The summed E-state index contributed by atoms with van der Waals surface area (Å²) in [4.78, 5) is 0. The van der Waals surface area contributed by atoms with Gasteiger partial charge in [-0.05, 0) is 50.5 Å². The van der Waals surface area contributed by atoms with Gasteiger partial charge in [0, 0.05) is 22.4 Å². The van der Waals surface area contributed by atoms with E-state index >= 15 is 0 Å². The minimum atomic E-state index is -0.0149. The fourth-order valence-electron chi connectivity index (χ4n) is 4.18. The fourth-order valence-corrected chi connectivity index (χ4v) is 4.18. The molecule has 0 saturated carbocycles. The topological polar surface area (TPSA) is 21.3 Å². The van der Waals surface area contributed by atoms with Crippen LogP contribution in [0.3, 0.4) is 0 Å². The lowest BCUT2D eigenvalue weighted by Gasteiger charge is -2.37. The van der Waals surface area contributed by atoms with Gasteiger partial charge in [-0.25, -0.2) is 0 Å². The van der Waals surface area contributed by atoms with E-state index in [2.05, 4.69) is 75.5 Å². The normalized spacial score (nSPS) is 20.0. The lowest BCUT2D eigenvalue weighted by Crippen LogP contribution is -2.32. The summed E-state index contributed by atoms with van der Waals surface area (Å²) in [6, 6.07) is 12.9. The van der Waals surface area contributed by atoms with Crippen LogP contribution in [0.4, 0.5) is 5.69 Å². The van der Waals surface area contributed by atoms with Gasteiger partial charge in [0.2, 0.25) is 0 Å². The molecule has 2 aromatic rings. The summed E-state index contributed by atoms with van der Waals surface area (Å²) < 4.78 is 6.41. The van der Waals surface area contributed by atoms with Crippen molar-refractivity contribution in [2.75, 3.05) is 5.32 Å². The molecule has 0 aromatic heterocycles. The van der Waals surface area contributed by atoms with E-state index in [1.165, 1.54) is 33.5 Å². The molecule has 2 aromatic carbocycles. The van der Waals surface area contributed by atoms with Crippen LogP contribution >= 0.6 is 0 Å². The van der Waals surface area contributed by atoms with Crippen LogP contribution in [0.5, 0.6) is 5.75 Å². The lowest BCUT2D eigenvalue weighted by molar-refractivity contribution is 0.190. The highest BCUT2D eigenvalue weighted by Crippen LogP contribution is 2.49. The van der Waals surface area contributed by atoms with E-state index in [0.29, 0.717) is 0 Å². The first-order valence-electron chi connectivity index (χ1n) is 8.91. The summed E-state index contributed by atoms with van der Waals surface area (Å²) in [5.41, 5.74) is 7.77. The monoisotopic (exact) mass is 319 g/mol. The van der Waals surface area contributed by atoms with E-state index in [9.17, 15) is 0 Å². The van der Waals surface area contributed by atoms with Gasteiger partial charge in [-0.3, -0.25) is 0 Å². The Morgan fingerprint density at radius 1 is 1.08 bits per heavy atom. The van der Waals surface area contributed by atoms with E-state index in [1.807, 2.05) is 0 Å². The van der Waals surface area contributed by atoms with Gasteiger partial charge in [-0.1, -0.05) is 43.7 Å². The molecule has 2 heterocycles. The van der Waals surface area contributed by atoms with Crippen molar-refractivity contribution < 1.29 is 4.74 Å². The third kappa shape index (κ3) is 2.32. The summed E-state index contributed by atoms with van der Waals surface area (Å²) in [5, 5.41) is 3.67. The van der Waals surface area contributed by atoms with Gasteiger partial charge in [0.15, 0.2) is 0 Å². The number of anilines is 1. The van der Waals surface area contributed by atoms with Crippen LogP contribution in [-0.4, -0.2) is 5.54 Å². The highest BCUT2D eigenvalue weighted by atomic mass is 16.5. The molecule has 124 valence electrons. The van der Waals surface area contributed by atoms with Crippen molar-refractivity contribution in [1.29, 1.82) is 0 Å². The third-order valence-corrected chi connectivity index (χ3v) is 4.99. The number of hydrogen-bond donors (Lipinski definition) is 1. The van der Waals surface area contributed by atoms with Crippen molar-refractivity contribution in [2.24, 2.45) is 0 Å².